The first-order chi connectivity index (χ1) is 19.4. The summed E-state index contributed by atoms with van der Waals surface area (Å²) in [5, 5.41) is 3.55. The van der Waals surface area contributed by atoms with Crippen molar-refractivity contribution in [3.8, 4) is 0 Å². The van der Waals surface area contributed by atoms with Crippen LogP contribution in [0.5, 0.6) is 0 Å². The number of amides is 2. The van der Waals surface area contributed by atoms with Gasteiger partial charge in [-0.1, -0.05) is 66.9 Å². The highest BCUT2D eigenvalue weighted by molar-refractivity contribution is 7.92. The lowest BCUT2D eigenvalue weighted by Gasteiger charge is -2.33. The number of carbonyl (C=O) groups excluding carboxylic acids is 2. The van der Waals surface area contributed by atoms with Crippen LogP contribution in [0.25, 0.3) is 0 Å². The van der Waals surface area contributed by atoms with Gasteiger partial charge in [-0.3, -0.25) is 13.9 Å². The van der Waals surface area contributed by atoms with Crippen LogP contribution in [0.4, 0.5) is 5.69 Å². The van der Waals surface area contributed by atoms with E-state index in [1.165, 1.54) is 17.0 Å². The van der Waals surface area contributed by atoms with Gasteiger partial charge in [-0.2, -0.15) is 0 Å². The van der Waals surface area contributed by atoms with Crippen LogP contribution in [0.3, 0.4) is 0 Å². The van der Waals surface area contributed by atoms with Crippen LogP contribution in [0.15, 0.2) is 65.6 Å². The number of aryl methyl sites for hydroxylation is 3. The molecule has 2 amide bonds. The SMILES string of the molecule is CCCNC(=O)C(CC)N(Cc1c(Cl)cccc1Cl)C(=O)CN(c1ccc(C)c(C)c1)S(=O)(=O)c1ccc(C)cc1. The first-order valence-corrected chi connectivity index (χ1v) is 15.8. The van der Waals surface area contributed by atoms with E-state index in [0.29, 0.717) is 34.3 Å². The van der Waals surface area contributed by atoms with Gasteiger partial charge in [0.25, 0.3) is 10.0 Å². The number of carbonyl (C=O) groups is 2. The first kappa shape index (κ1) is 32.4. The number of benzene rings is 3. The highest BCUT2D eigenvalue weighted by atomic mass is 35.5. The molecule has 3 aromatic carbocycles. The Labute approximate surface area is 253 Å². The average Bonchev–Trinajstić information content (AvgIpc) is 2.93. The molecule has 0 aliphatic heterocycles. The van der Waals surface area contributed by atoms with Crippen molar-refractivity contribution in [3.05, 3.63) is 93.0 Å². The Kier molecular flexibility index (Phi) is 11.2. The van der Waals surface area contributed by atoms with E-state index in [4.69, 9.17) is 23.2 Å². The summed E-state index contributed by atoms with van der Waals surface area (Å²) in [6.07, 6.45) is 1.03. The predicted octanol–water partition coefficient (Wildman–Crippen LogP) is 6.45. The summed E-state index contributed by atoms with van der Waals surface area (Å²) in [4.78, 5) is 28.8. The minimum atomic E-state index is -4.15. The number of halogens is 2. The van der Waals surface area contributed by atoms with E-state index in [0.717, 1.165) is 27.4 Å². The van der Waals surface area contributed by atoms with E-state index in [1.54, 1.807) is 49.4 Å². The van der Waals surface area contributed by atoms with Gasteiger partial charge >= 0.3 is 0 Å². The van der Waals surface area contributed by atoms with Gasteiger partial charge in [-0.05, 0) is 81.1 Å². The summed E-state index contributed by atoms with van der Waals surface area (Å²) in [5.41, 5.74) is 3.60. The molecule has 0 bridgehead atoms. The molecule has 0 aliphatic rings. The van der Waals surface area contributed by atoms with Crippen molar-refractivity contribution in [2.24, 2.45) is 0 Å². The maximum atomic E-state index is 14.2. The van der Waals surface area contributed by atoms with Crippen molar-refractivity contribution in [1.82, 2.24) is 10.2 Å². The molecule has 0 saturated carbocycles. The molecule has 0 saturated heterocycles. The van der Waals surface area contributed by atoms with Crippen molar-refractivity contribution < 1.29 is 18.0 Å². The molecule has 0 spiro atoms. The summed E-state index contributed by atoms with van der Waals surface area (Å²) in [5.74, 6) is -0.890. The highest BCUT2D eigenvalue weighted by Crippen LogP contribution is 2.29. The van der Waals surface area contributed by atoms with E-state index >= 15 is 0 Å². The maximum absolute atomic E-state index is 14.2. The van der Waals surface area contributed by atoms with Crippen LogP contribution in [-0.4, -0.2) is 44.3 Å². The Morgan fingerprint density at radius 3 is 2.10 bits per heavy atom. The van der Waals surface area contributed by atoms with E-state index < -0.39 is 28.5 Å². The molecule has 0 aromatic heterocycles. The zero-order valence-corrected chi connectivity index (χ0v) is 26.4. The Bertz CT molecular complexity index is 1470. The Morgan fingerprint density at radius 1 is 0.902 bits per heavy atom. The Hall–Kier alpha value is -3.07. The van der Waals surface area contributed by atoms with Gasteiger partial charge in [0.15, 0.2) is 0 Å². The van der Waals surface area contributed by atoms with Gasteiger partial charge in [0.05, 0.1) is 10.6 Å². The summed E-state index contributed by atoms with van der Waals surface area (Å²) in [6.45, 7) is 9.26. The second-order valence-corrected chi connectivity index (χ2v) is 12.7. The summed E-state index contributed by atoms with van der Waals surface area (Å²) >= 11 is 12.9. The van der Waals surface area contributed by atoms with Gasteiger partial charge in [0.2, 0.25) is 11.8 Å². The number of nitrogens with one attached hydrogen (secondary N) is 1. The van der Waals surface area contributed by atoms with Crippen LogP contribution in [0.2, 0.25) is 10.0 Å². The number of hydrogen-bond acceptors (Lipinski definition) is 4. The summed E-state index contributed by atoms with van der Waals surface area (Å²) in [6, 6.07) is 15.9. The quantitative estimate of drug-likeness (QED) is 0.253. The third-order valence-electron chi connectivity index (χ3n) is 6.99. The van der Waals surface area contributed by atoms with Gasteiger partial charge in [-0.15, -0.1) is 0 Å². The molecule has 1 atom stereocenters. The third kappa shape index (κ3) is 7.82. The van der Waals surface area contributed by atoms with Gasteiger partial charge in [-0.25, -0.2) is 8.42 Å². The fraction of sp³-hybridized carbons (Fsp3) is 0.355. The number of nitrogens with zero attached hydrogens (tertiary/aromatic N) is 2. The molecule has 0 heterocycles. The lowest BCUT2D eigenvalue weighted by atomic mass is 10.1. The normalized spacial score (nSPS) is 12.1. The van der Waals surface area contributed by atoms with E-state index in [1.807, 2.05) is 33.8 Å². The standard InChI is InChI=1S/C31H37Cl2N3O4S/c1-6-17-34-31(38)29(7-2)35(19-26-27(32)9-8-10-28(26)33)30(37)20-36(24-14-13-22(4)23(5)18-24)41(39,40)25-15-11-21(3)12-16-25/h8-16,18,29H,6-7,17,19-20H2,1-5H3,(H,34,38). The second-order valence-electron chi connectivity index (χ2n) is 10.0. The topological polar surface area (TPSA) is 86.8 Å². The van der Waals surface area contributed by atoms with E-state index in [-0.39, 0.29) is 17.3 Å². The van der Waals surface area contributed by atoms with E-state index in [2.05, 4.69) is 5.32 Å². The lowest BCUT2D eigenvalue weighted by molar-refractivity contribution is -0.140. The molecule has 3 rings (SSSR count). The van der Waals surface area contributed by atoms with Gasteiger partial charge < -0.3 is 10.2 Å². The highest BCUT2D eigenvalue weighted by Gasteiger charge is 2.34. The van der Waals surface area contributed by atoms with Crippen molar-refractivity contribution in [2.75, 3.05) is 17.4 Å². The number of hydrogen-bond donors (Lipinski definition) is 1. The van der Waals surface area contributed by atoms with E-state index in [9.17, 15) is 18.0 Å². The summed E-state index contributed by atoms with van der Waals surface area (Å²) < 4.78 is 29.1. The minimum Gasteiger partial charge on any atom is -0.354 e. The van der Waals surface area contributed by atoms with Crippen LogP contribution >= 0.6 is 23.2 Å². The largest absolute Gasteiger partial charge is 0.354 e. The lowest BCUT2D eigenvalue weighted by Crippen LogP contribution is -2.52. The maximum Gasteiger partial charge on any atom is 0.264 e. The number of rotatable bonds is 12. The van der Waals surface area contributed by atoms with Crippen LogP contribution < -0.4 is 9.62 Å². The third-order valence-corrected chi connectivity index (χ3v) is 9.49. The van der Waals surface area contributed by atoms with Gasteiger partial charge in [0.1, 0.15) is 12.6 Å². The molecule has 1 N–H and O–H groups in total. The Morgan fingerprint density at radius 2 is 1.54 bits per heavy atom. The molecule has 1 unspecified atom stereocenters. The molecular weight excluding hydrogens is 581 g/mol. The molecule has 7 nitrogen and oxygen atoms in total. The Balaban J connectivity index is 2.11. The fourth-order valence-electron chi connectivity index (χ4n) is 4.39. The van der Waals surface area contributed by atoms with Crippen molar-refractivity contribution in [1.29, 1.82) is 0 Å². The van der Waals surface area contributed by atoms with Crippen LogP contribution in [-0.2, 0) is 26.2 Å². The van der Waals surface area contributed by atoms with Crippen LogP contribution in [0, 0.1) is 20.8 Å². The summed E-state index contributed by atoms with van der Waals surface area (Å²) in [7, 11) is -4.15. The predicted molar refractivity (Wildman–Crippen MR) is 166 cm³/mol. The van der Waals surface area contributed by atoms with Crippen molar-refractivity contribution in [2.45, 2.75) is 64.9 Å². The monoisotopic (exact) mass is 617 g/mol. The molecule has 220 valence electrons. The van der Waals surface area contributed by atoms with Crippen molar-refractivity contribution in [3.63, 3.8) is 0 Å². The first-order valence-electron chi connectivity index (χ1n) is 13.6. The average molecular weight is 619 g/mol. The number of sulfonamides is 1. The minimum absolute atomic E-state index is 0.0579. The zero-order valence-electron chi connectivity index (χ0n) is 24.1. The fourth-order valence-corrected chi connectivity index (χ4v) is 6.31. The molecule has 0 fully saturated rings. The second kappa shape index (κ2) is 14.2. The van der Waals surface area contributed by atoms with Crippen molar-refractivity contribution >= 4 is 50.7 Å². The molecule has 10 heteroatoms. The smallest absolute Gasteiger partial charge is 0.264 e. The molecule has 3 aromatic rings. The molecular formula is C31H37Cl2N3O4S. The molecule has 0 aliphatic carbocycles. The number of anilines is 1. The van der Waals surface area contributed by atoms with Gasteiger partial charge in [0, 0.05) is 28.7 Å². The van der Waals surface area contributed by atoms with Crippen LogP contribution in [0.1, 0.15) is 48.9 Å². The molecule has 0 radical (unpaired) electrons. The zero-order chi connectivity index (χ0) is 30.3. The molecule has 41 heavy (non-hydrogen) atoms.